The van der Waals surface area contributed by atoms with Gasteiger partial charge in [-0.2, -0.15) is 0 Å². The Morgan fingerprint density at radius 1 is 1.20 bits per heavy atom. The lowest BCUT2D eigenvalue weighted by Crippen LogP contribution is -2.31. The number of hydrogen-bond donors (Lipinski definition) is 1. The van der Waals surface area contributed by atoms with Crippen molar-refractivity contribution in [3.63, 3.8) is 0 Å². The fraction of sp³-hybridized carbons (Fsp3) is 0.133. The maximum Gasteiger partial charge on any atom is 0.173 e. The van der Waals surface area contributed by atoms with Crippen molar-refractivity contribution < 1.29 is 4.39 Å². The molecule has 20 heavy (non-hydrogen) atoms. The van der Waals surface area contributed by atoms with Crippen molar-refractivity contribution in [1.82, 2.24) is 4.90 Å². The lowest BCUT2D eigenvalue weighted by molar-refractivity contribution is 0.507. The van der Waals surface area contributed by atoms with Crippen LogP contribution in [0.3, 0.4) is 0 Å². The number of hydrogen-bond acceptors (Lipinski definition) is 1. The van der Waals surface area contributed by atoms with E-state index in [0.717, 1.165) is 10.0 Å². The molecule has 0 unspecified atom stereocenters. The first-order chi connectivity index (χ1) is 9.58. The summed E-state index contributed by atoms with van der Waals surface area (Å²) in [7, 11) is 1.87. The molecule has 0 fully saturated rings. The molecule has 0 amide bonds. The van der Waals surface area contributed by atoms with Crippen LogP contribution in [-0.2, 0) is 6.54 Å². The molecule has 0 saturated heterocycles. The van der Waals surface area contributed by atoms with Crippen molar-refractivity contribution in [3.8, 4) is 0 Å². The number of benzene rings is 2. The Labute approximate surface area is 131 Å². The number of thiocarbonyl (C=S) groups is 1. The Hall–Kier alpha value is -1.46. The molecule has 2 aromatic carbocycles. The summed E-state index contributed by atoms with van der Waals surface area (Å²) < 4.78 is 14.6. The zero-order chi connectivity index (χ0) is 14.5. The SMILES string of the molecule is CN(Cc1ccccc1Br)C(=S)Nc1ccccc1F. The van der Waals surface area contributed by atoms with Gasteiger partial charge in [-0.05, 0) is 36.0 Å². The van der Waals surface area contributed by atoms with Crippen LogP contribution in [-0.4, -0.2) is 17.1 Å². The summed E-state index contributed by atoms with van der Waals surface area (Å²) in [5.41, 5.74) is 1.50. The second kappa shape index (κ2) is 6.81. The molecule has 0 radical (unpaired) electrons. The molecule has 0 bridgehead atoms. The Bertz CT molecular complexity index is 618. The van der Waals surface area contributed by atoms with Crippen molar-refractivity contribution >= 4 is 38.9 Å². The first-order valence-corrected chi connectivity index (χ1v) is 7.28. The molecule has 2 aromatic rings. The molecule has 1 N–H and O–H groups in total. The molecule has 0 spiro atoms. The van der Waals surface area contributed by atoms with Crippen LogP contribution in [0.15, 0.2) is 53.0 Å². The van der Waals surface area contributed by atoms with Gasteiger partial charge in [0.1, 0.15) is 5.82 Å². The minimum Gasteiger partial charge on any atom is -0.348 e. The number of halogens is 2. The molecule has 0 atom stereocenters. The lowest BCUT2D eigenvalue weighted by Gasteiger charge is -2.22. The average Bonchev–Trinajstić information content (AvgIpc) is 2.43. The monoisotopic (exact) mass is 352 g/mol. The number of rotatable bonds is 3. The van der Waals surface area contributed by atoms with E-state index in [0.29, 0.717) is 17.3 Å². The maximum atomic E-state index is 13.6. The van der Waals surface area contributed by atoms with E-state index < -0.39 is 0 Å². The summed E-state index contributed by atoms with van der Waals surface area (Å²) in [6.45, 7) is 0.641. The van der Waals surface area contributed by atoms with Crippen LogP contribution in [0.1, 0.15) is 5.56 Å². The molecule has 0 aliphatic heterocycles. The van der Waals surface area contributed by atoms with Crippen molar-refractivity contribution in [2.75, 3.05) is 12.4 Å². The fourth-order valence-corrected chi connectivity index (χ4v) is 2.31. The summed E-state index contributed by atoms with van der Waals surface area (Å²) in [5, 5.41) is 3.39. The van der Waals surface area contributed by atoms with Crippen LogP contribution >= 0.6 is 28.1 Å². The molecule has 2 nitrogen and oxygen atoms in total. The third kappa shape index (κ3) is 3.77. The smallest absolute Gasteiger partial charge is 0.173 e. The van der Waals surface area contributed by atoms with Gasteiger partial charge in [0.25, 0.3) is 0 Å². The zero-order valence-corrected chi connectivity index (χ0v) is 13.3. The number of nitrogens with one attached hydrogen (secondary N) is 1. The van der Waals surface area contributed by atoms with Crippen LogP contribution in [0.5, 0.6) is 0 Å². The number of anilines is 1. The molecular weight excluding hydrogens is 339 g/mol. The van der Waals surface area contributed by atoms with E-state index >= 15 is 0 Å². The van der Waals surface area contributed by atoms with Crippen molar-refractivity contribution in [3.05, 3.63) is 64.4 Å². The second-order valence-corrected chi connectivity index (χ2v) is 5.60. The highest BCUT2D eigenvalue weighted by molar-refractivity contribution is 9.10. The summed E-state index contributed by atoms with van der Waals surface area (Å²) in [4.78, 5) is 1.86. The Morgan fingerprint density at radius 2 is 1.85 bits per heavy atom. The maximum absolute atomic E-state index is 13.6. The van der Waals surface area contributed by atoms with Gasteiger partial charge in [0.05, 0.1) is 5.69 Å². The minimum atomic E-state index is -0.316. The molecule has 0 heterocycles. The first-order valence-electron chi connectivity index (χ1n) is 6.08. The first kappa shape index (κ1) is 14.9. The van der Waals surface area contributed by atoms with Gasteiger partial charge >= 0.3 is 0 Å². The van der Waals surface area contributed by atoms with Crippen molar-refractivity contribution in [2.45, 2.75) is 6.54 Å². The van der Waals surface area contributed by atoms with Gasteiger partial charge in [-0.3, -0.25) is 0 Å². The molecule has 0 aromatic heterocycles. The molecule has 0 aliphatic carbocycles. The summed E-state index contributed by atoms with van der Waals surface area (Å²) >= 11 is 8.80. The fourth-order valence-electron chi connectivity index (χ4n) is 1.73. The van der Waals surface area contributed by atoms with E-state index in [4.69, 9.17) is 12.2 Å². The van der Waals surface area contributed by atoms with Gasteiger partial charge in [-0.25, -0.2) is 4.39 Å². The minimum absolute atomic E-state index is 0.316. The van der Waals surface area contributed by atoms with E-state index in [9.17, 15) is 4.39 Å². The summed E-state index contributed by atoms with van der Waals surface area (Å²) in [6, 6.07) is 14.4. The summed E-state index contributed by atoms with van der Waals surface area (Å²) in [5.74, 6) is -0.316. The van der Waals surface area contributed by atoms with Crippen LogP contribution in [0, 0.1) is 5.82 Å². The average molecular weight is 353 g/mol. The van der Waals surface area contributed by atoms with Gasteiger partial charge in [0, 0.05) is 18.1 Å². The highest BCUT2D eigenvalue weighted by Crippen LogP contribution is 2.18. The highest BCUT2D eigenvalue weighted by Gasteiger charge is 2.09. The van der Waals surface area contributed by atoms with Crippen LogP contribution in [0.4, 0.5) is 10.1 Å². The Kier molecular flexibility index (Phi) is 5.09. The van der Waals surface area contributed by atoms with Crippen molar-refractivity contribution in [2.24, 2.45) is 0 Å². The Balaban J connectivity index is 2.03. The van der Waals surface area contributed by atoms with E-state index in [1.54, 1.807) is 18.2 Å². The molecule has 2 rings (SSSR count). The second-order valence-electron chi connectivity index (χ2n) is 4.36. The largest absolute Gasteiger partial charge is 0.348 e. The normalized spacial score (nSPS) is 10.2. The predicted molar refractivity (Wildman–Crippen MR) is 88.2 cm³/mol. The quantitative estimate of drug-likeness (QED) is 0.823. The van der Waals surface area contributed by atoms with Gasteiger partial charge in [-0.1, -0.05) is 46.3 Å². The van der Waals surface area contributed by atoms with E-state index in [1.165, 1.54) is 6.07 Å². The van der Waals surface area contributed by atoms with Crippen LogP contribution < -0.4 is 5.32 Å². The van der Waals surface area contributed by atoms with E-state index in [-0.39, 0.29) is 5.82 Å². The third-order valence-corrected chi connectivity index (χ3v) is 4.01. The summed E-state index contributed by atoms with van der Waals surface area (Å²) in [6.07, 6.45) is 0. The third-order valence-electron chi connectivity index (χ3n) is 2.83. The zero-order valence-electron chi connectivity index (χ0n) is 10.9. The number of para-hydroxylation sites is 1. The van der Waals surface area contributed by atoms with Crippen LogP contribution in [0.25, 0.3) is 0 Å². The molecule has 0 saturated carbocycles. The molecule has 5 heteroatoms. The number of nitrogens with zero attached hydrogens (tertiary/aromatic N) is 1. The van der Waals surface area contributed by atoms with Gasteiger partial charge in [-0.15, -0.1) is 0 Å². The van der Waals surface area contributed by atoms with E-state index in [2.05, 4.69) is 21.2 Å². The molecule has 0 aliphatic rings. The topological polar surface area (TPSA) is 15.3 Å². The Morgan fingerprint density at radius 3 is 2.55 bits per heavy atom. The van der Waals surface area contributed by atoms with Gasteiger partial charge in [0.15, 0.2) is 5.11 Å². The highest BCUT2D eigenvalue weighted by atomic mass is 79.9. The standard InChI is InChI=1S/C15H14BrFN2S/c1-19(10-11-6-2-3-7-12(11)16)15(20)18-14-9-5-4-8-13(14)17/h2-9H,10H2,1H3,(H,18,20). The van der Waals surface area contributed by atoms with Gasteiger partial charge in [0.2, 0.25) is 0 Å². The predicted octanol–water partition coefficient (Wildman–Crippen LogP) is 4.42. The lowest BCUT2D eigenvalue weighted by atomic mass is 10.2. The molecule has 104 valence electrons. The van der Waals surface area contributed by atoms with Gasteiger partial charge < -0.3 is 10.2 Å². The van der Waals surface area contributed by atoms with Crippen molar-refractivity contribution in [1.29, 1.82) is 0 Å². The van der Waals surface area contributed by atoms with E-state index in [1.807, 2.05) is 36.2 Å². The molecular formula is C15H14BrFN2S. The van der Waals surface area contributed by atoms with Crippen LogP contribution in [0.2, 0.25) is 0 Å².